The van der Waals surface area contributed by atoms with E-state index in [1.807, 2.05) is 13.0 Å². The monoisotopic (exact) mass is 206 g/mol. The molecule has 1 N–H and O–H groups in total. The zero-order valence-corrected chi connectivity index (χ0v) is 8.69. The summed E-state index contributed by atoms with van der Waals surface area (Å²) in [5.41, 5.74) is 1.83. The number of nitrogens with one attached hydrogen (secondary N) is 1. The molecule has 1 aromatic heterocycles. The van der Waals surface area contributed by atoms with Crippen molar-refractivity contribution in [3.05, 3.63) is 33.7 Å². The maximum atomic E-state index is 11.1. The van der Waals surface area contributed by atoms with E-state index in [9.17, 15) is 9.59 Å². The highest BCUT2D eigenvalue weighted by atomic mass is 16.1. The van der Waals surface area contributed by atoms with E-state index < -0.39 is 0 Å². The van der Waals surface area contributed by atoms with E-state index in [4.69, 9.17) is 0 Å². The molecule has 1 atom stereocenters. The van der Waals surface area contributed by atoms with Crippen LogP contribution in [-0.4, -0.2) is 22.8 Å². The van der Waals surface area contributed by atoms with Crippen molar-refractivity contribution in [2.45, 2.75) is 25.8 Å². The van der Waals surface area contributed by atoms with E-state index in [-0.39, 0.29) is 11.6 Å². The quantitative estimate of drug-likeness (QED) is 0.733. The van der Waals surface area contributed by atoms with Crippen LogP contribution in [0.25, 0.3) is 0 Å². The van der Waals surface area contributed by atoms with Crippen LogP contribution in [-0.2, 0) is 4.79 Å². The van der Waals surface area contributed by atoms with Crippen LogP contribution >= 0.6 is 0 Å². The van der Waals surface area contributed by atoms with Crippen LogP contribution in [0.5, 0.6) is 0 Å². The summed E-state index contributed by atoms with van der Waals surface area (Å²) in [5.74, 6) is 0. The van der Waals surface area contributed by atoms with E-state index in [0.29, 0.717) is 0 Å². The Hall–Kier alpha value is -1.58. The second-order valence-corrected chi connectivity index (χ2v) is 3.90. The van der Waals surface area contributed by atoms with Crippen molar-refractivity contribution < 1.29 is 4.79 Å². The maximum absolute atomic E-state index is 11.1. The summed E-state index contributed by atoms with van der Waals surface area (Å²) >= 11 is 0. The minimum Gasteiger partial charge on any atom is -0.338 e. The number of carbonyl (C=O) groups is 1. The zero-order valence-electron chi connectivity index (χ0n) is 8.69. The number of pyridine rings is 1. The van der Waals surface area contributed by atoms with E-state index in [2.05, 4.69) is 4.98 Å². The molecule has 4 heteroatoms. The van der Waals surface area contributed by atoms with Crippen LogP contribution in [0, 0.1) is 6.92 Å². The van der Waals surface area contributed by atoms with Gasteiger partial charge in [-0.05, 0) is 31.4 Å². The Labute approximate surface area is 87.9 Å². The van der Waals surface area contributed by atoms with Crippen LogP contribution in [0.4, 0.5) is 0 Å². The smallest absolute Gasteiger partial charge is 0.248 e. The zero-order chi connectivity index (χ0) is 10.8. The molecule has 1 amide bonds. The van der Waals surface area contributed by atoms with Crippen molar-refractivity contribution in [3.63, 3.8) is 0 Å². The number of aryl methyl sites for hydroxylation is 1. The first-order valence-electron chi connectivity index (χ1n) is 5.13. The topological polar surface area (TPSA) is 53.2 Å². The second-order valence-electron chi connectivity index (χ2n) is 3.90. The Kier molecular flexibility index (Phi) is 2.58. The lowest BCUT2D eigenvalue weighted by Crippen LogP contribution is -2.23. The largest absolute Gasteiger partial charge is 0.338 e. The van der Waals surface area contributed by atoms with Gasteiger partial charge in [0.25, 0.3) is 0 Å². The lowest BCUT2D eigenvalue weighted by atomic mass is 10.0. The lowest BCUT2D eigenvalue weighted by Gasteiger charge is -2.21. The number of likely N-dealkylation sites (tertiary alicyclic amines) is 1. The summed E-state index contributed by atoms with van der Waals surface area (Å²) in [6, 6.07) is 3.48. The number of H-pyrrole nitrogens is 1. The molecule has 0 aromatic carbocycles. The van der Waals surface area contributed by atoms with Gasteiger partial charge in [0.15, 0.2) is 0 Å². The summed E-state index contributed by atoms with van der Waals surface area (Å²) in [6.07, 6.45) is 2.90. The molecular weight excluding hydrogens is 192 g/mol. The fraction of sp³-hybridized carbons (Fsp3) is 0.455. The summed E-state index contributed by atoms with van der Waals surface area (Å²) in [7, 11) is 0. The molecular formula is C11H14N2O2. The van der Waals surface area contributed by atoms with Gasteiger partial charge in [-0.1, -0.05) is 0 Å². The molecule has 4 nitrogen and oxygen atoms in total. The average Bonchev–Trinajstić information content (AvgIpc) is 2.65. The molecule has 1 aliphatic heterocycles. The van der Waals surface area contributed by atoms with Gasteiger partial charge in [0.05, 0.1) is 6.04 Å². The van der Waals surface area contributed by atoms with Gasteiger partial charge in [-0.15, -0.1) is 0 Å². The number of nitrogens with zero attached hydrogens (tertiary/aromatic N) is 1. The van der Waals surface area contributed by atoms with Crippen molar-refractivity contribution >= 4 is 6.41 Å². The first kappa shape index (κ1) is 9.96. The van der Waals surface area contributed by atoms with Crippen molar-refractivity contribution in [2.24, 2.45) is 0 Å². The SMILES string of the molecule is Cc1[nH]c(=O)ccc1C1CCCN1C=O. The molecule has 1 aromatic rings. The predicted octanol–water partition coefficient (Wildman–Crippen LogP) is 0.977. The summed E-state index contributed by atoms with van der Waals surface area (Å²) in [6.45, 7) is 2.69. The Bertz CT molecular complexity index is 425. The first-order valence-corrected chi connectivity index (χ1v) is 5.13. The highest BCUT2D eigenvalue weighted by Gasteiger charge is 2.25. The molecule has 2 rings (SSSR count). The number of carbonyl (C=O) groups excluding carboxylic acids is 1. The van der Waals surface area contributed by atoms with E-state index >= 15 is 0 Å². The Morgan fingerprint density at radius 3 is 3.00 bits per heavy atom. The van der Waals surface area contributed by atoms with Crippen LogP contribution in [0.3, 0.4) is 0 Å². The molecule has 15 heavy (non-hydrogen) atoms. The molecule has 0 bridgehead atoms. The van der Waals surface area contributed by atoms with E-state index in [1.54, 1.807) is 4.90 Å². The van der Waals surface area contributed by atoms with E-state index in [0.717, 1.165) is 37.1 Å². The first-order chi connectivity index (χ1) is 7.22. The minimum absolute atomic E-state index is 0.0908. The Balaban J connectivity index is 2.36. The minimum atomic E-state index is -0.0908. The third kappa shape index (κ3) is 1.79. The molecule has 1 unspecified atom stereocenters. The van der Waals surface area contributed by atoms with Crippen molar-refractivity contribution in [2.75, 3.05) is 6.54 Å². The summed E-state index contributed by atoms with van der Waals surface area (Å²) < 4.78 is 0. The average molecular weight is 206 g/mol. The number of hydrogen-bond acceptors (Lipinski definition) is 2. The van der Waals surface area contributed by atoms with Crippen molar-refractivity contribution in [1.29, 1.82) is 0 Å². The van der Waals surface area contributed by atoms with Crippen LogP contribution < -0.4 is 5.56 Å². The molecule has 2 heterocycles. The number of hydrogen-bond donors (Lipinski definition) is 1. The number of amides is 1. The maximum Gasteiger partial charge on any atom is 0.248 e. The molecule has 80 valence electrons. The van der Waals surface area contributed by atoms with Gasteiger partial charge in [0.1, 0.15) is 0 Å². The van der Waals surface area contributed by atoms with Gasteiger partial charge >= 0.3 is 0 Å². The second kappa shape index (κ2) is 3.88. The Morgan fingerprint density at radius 1 is 1.53 bits per heavy atom. The van der Waals surface area contributed by atoms with Gasteiger partial charge in [-0.2, -0.15) is 0 Å². The summed E-state index contributed by atoms with van der Waals surface area (Å²) in [5, 5.41) is 0. The molecule has 0 saturated carbocycles. The third-order valence-corrected chi connectivity index (χ3v) is 2.95. The highest BCUT2D eigenvalue weighted by molar-refractivity contribution is 5.49. The summed E-state index contributed by atoms with van der Waals surface area (Å²) in [4.78, 5) is 26.4. The molecule has 0 spiro atoms. The fourth-order valence-corrected chi connectivity index (χ4v) is 2.20. The molecule has 0 radical (unpaired) electrons. The lowest BCUT2D eigenvalue weighted by molar-refractivity contribution is -0.118. The third-order valence-electron chi connectivity index (χ3n) is 2.95. The van der Waals surface area contributed by atoms with Crippen molar-refractivity contribution in [3.8, 4) is 0 Å². The molecule has 1 fully saturated rings. The number of rotatable bonds is 2. The highest BCUT2D eigenvalue weighted by Crippen LogP contribution is 2.31. The normalized spacial score (nSPS) is 20.6. The van der Waals surface area contributed by atoms with Gasteiger partial charge < -0.3 is 9.88 Å². The van der Waals surface area contributed by atoms with E-state index in [1.165, 1.54) is 6.07 Å². The van der Waals surface area contributed by atoms with Gasteiger partial charge in [0.2, 0.25) is 12.0 Å². The van der Waals surface area contributed by atoms with Crippen LogP contribution in [0.2, 0.25) is 0 Å². The van der Waals surface area contributed by atoms with Crippen LogP contribution in [0.15, 0.2) is 16.9 Å². The number of aromatic nitrogens is 1. The predicted molar refractivity (Wildman–Crippen MR) is 56.5 cm³/mol. The van der Waals surface area contributed by atoms with Gasteiger partial charge in [0, 0.05) is 18.3 Å². The fourth-order valence-electron chi connectivity index (χ4n) is 2.20. The van der Waals surface area contributed by atoms with Crippen LogP contribution in [0.1, 0.15) is 30.1 Å². The molecule has 1 saturated heterocycles. The number of aromatic amines is 1. The van der Waals surface area contributed by atoms with Crippen molar-refractivity contribution in [1.82, 2.24) is 9.88 Å². The Morgan fingerprint density at radius 2 is 2.33 bits per heavy atom. The molecule has 1 aliphatic rings. The standard InChI is InChI=1S/C11H14N2O2/c1-8-9(4-5-11(15)12-8)10-3-2-6-13(10)7-14/h4-5,7,10H,2-3,6H2,1H3,(H,12,15). The van der Waals surface area contributed by atoms with Gasteiger partial charge in [-0.25, -0.2) is 0 Å². The van der Waals surface area contributed by atoms with Gasteiger partial charge in [-0.3, -0.25) is 9.59 Å². The molecule has 0 aliphatic carbocycles.